The second-order valence-electron chi connectivity index (χ2n) is 19.6. The van der Waals surface area contributed by atoms with E-state index in [1.165, 1.54) is 0 Å². The summed E-state index contributed by atoms with van der Waals surface area (Å²) >= 11 is 0. The molecule has 298 valence electrons. The molecule has 1 spiro atoms. The lowest BCUT2D eigenvalue weighted by atomic mass is 9.66. The van der Waals surface area contributed by atoms with Crippen LogP contribution in [0.25, 0.3) is 0 Å². The number of amides is 5. The van der Waals surface area contributed by atoms with Crippen molar-refractivity contribution >= 4 is 39.6 Å². The normalized spacial score (nSPS) is 28.5. The molecular weight excluding hydrogens is 695 g/mol. The van der Waals surface area contributed by atoms with E-state index in [-0.39, 0.29) is 46.8 Å². The Morgan fingerprint density at radius 1 is 0.811 bits per heavy atom. The third-order valence-corrected chi connectivity index (χ3v) is 15.6. The summed E-state index contributed by atoms with van der Waals surface area (Å²) in [6, 6.07) is -2.64. The molecule has 0 aromatic carbocycles. The molecule has 5 aliphatic carbocycles. The average molecular weight is 760 g/mol. The molecule has 5 saturated carbocycles. The Kier molecular flexibility index (Phi) is 11.1. The molecule has 4 N–H and O–H groups in total. The third-order valence-electron chi connectivity index (χ3n) is 13.8. The Labute approximate surface area is 316 Å². The van der Waals surface area contributed by atoms with Gasteiger partial charge in [-0.15, -0.1) is 0 Å². The fraction of sp³-hybridized carbons (Fsp3) is 0.875. The van der Waals surface area contributed by atoms with E-state index in [1.807, 2.05) is 20.8 Å². The molecule has 0 aromatic rings. The standard InChI is InChI=1S/C40H65N5O7S/c1-37(2,3)31(42-34(48)30(26-11-8-7-9-12-26)41-32(46)27-15-16-27)35(49)45-24-40(21-10-20-38(40,4)5)23-29(45)33(47)43-39(6,22-19-25-13-14-25)36(50)44-53(51,52)28-17-18-28/h25-31H,7-24H2,1-6H3,(H,41,46)(H,42,48)(H,43,47)(H,44,50)/t29-,30?,31+,39-,40-/m0/s1. The van der Waals surface area contributed by atoms with Gasteiger partial charge in [-0.2, -0.15) is 0 Å². The van der Waals surface area contributed by atoms with E-state index in [2.05, 4.69) is 34.5 Å². The zero-order valence-electron chi connectivity index (χ0n) is 33.0. The molecule has 0 radical (unpaired) electrons. The van der Waals surface area contributed by atoms with Gasteiger partial charge in [0.1, 0.15) is 23.7 Å². The highest BCUT2D eigenvalue weighted by molar-refractivity contribution is 7.91. The van der Waals surface area contributed by atoms with Crippen LogP contribution in [0.1, 0.15) is 151 Å². The summed E-state index contributed by atoms with van der Waals surface area (Å²) in [6.45, 7) is 12.0. The topological polar surface area (TPSA) is 171 Å². The van der Waals surface area contributed by atoms with Crippen LogP contribution in [0.5, 0.6) is 0 Å². The highest BCUT2D eigenvalue weighted by atomic mass is 32.2. The minimum atomic E-state index is -3.85. The molecule has 1 unspecified atom stereocenters. The molecule has 1 saturated heterocycles. The Bertz CT molecular complexity index is 1560. The molecule has 6 aliphatic rings. The lowest BCUT2D eigenvalue weighted by Gasteiger charge is -2.40. The van der Waals surface area contributed by atoms with Crippen LogP contribution < -0.4 is 20.7 Å². The van der Waals surface area contributed by atoms with E-state index >= 15 is 4.79 Å². The number of hydrogen-bond donors (Lipinski definition) is 4. The number of sulfonamides is 1. The zero-order valence-corrected chi connectivity index (χ0v) is 33.8. The molecule has 1 aliphatic heterocycles. The number of rotatable bonds is 14. The second kappa shape index (κ2) is 14.8. The van der Waals surface area contributed by atoms with Crippen LogP contribution in [-0.2, 0) is 34.0 Å². The van der Waals surface area contributed by atoms with Crippen molar-refractivity contribution in [2.45, 2.75) is 180 Å². The molecule has 53 heavy (non-hydrogen) atoms. The van der Waals surface area contributed by atoms with Gasteiger partial charge in [0.05, 0.1) is 5.25 Å². The highest BCUT2D eigenvalue weighted by Gasteiger charge is 2.59. The summed E-state index contributed by atoms with van der Waals surface area (Å²) < 4.78 is 28.0. The van der Waals surface area contributed by atoms with Crippen molar-refractivity contribution in [1.29, 1.82) is 0 Å². The van der Waals surface area contributed by atoms with Crippen LogP contribution in [0, 0.1) is 34.0 Å². The molecule has 5 atom stereocenters. The molecular formula is C40H65N5O7S. The van der Waals surface area contributed by atoms with Crippen molar-refractivity contribution < 1.29 is 32.4 Å². The Hall–Kier alpha value is -2.70. The first-order chi connectivity index (χ1) is 24.8. The Morgan fingerprint density at radius 3 is 2.02 bits per heavy atom. The molecule has 6 fully saturated rings. The average Bonchev–Trinajstić information content (AvgIpc) is 3.94. The van der Waals surface area contributed by atoms with E-state index in [0.29, 0.717) is 38.1 Å². The maximum Gasteiger partial charge on any atom is 0.258 e. The van der Waals surface area contributed by atoms with Gasteiger partial charge in [-0.3, -0.25) is 28.7 Å². The first kappa shape index (κ1) is 40.0. The van der Waals surface area contributed by atoms with Crippen molar-refractivity contribution in [3.8, 4) is 0 Å². The Balaban J connectivity index is 1.27. The van der Waals surface area contributed by atoms with Crippen molar-refractivity contribution in [2.24, 2.45) is 34.0 Å². The lowest BCUT2D eigenvalue weighted by molar-refractivity contribution is -0.145. The van der Waals surface area contributed by atoms with Crippen LogP contribution in [0.4, 0.5) is 0 Å². The van der Waals surface area contributed by atoms with Crippen molar-refractivity contribution in [2.75, 3.05) is 6.54 Å². The summed E-state index contributed by atoms with van der Waals surface area (Å²) in [7, 11) is -3.85. The van der Waals surface area contributed by atoms with E-state index in [9.17, 15) is 27.6 Å². The lowest BCUT2D eigenvalue weighted by Crippen LogP contribution is -2.63. The van der Waals surface area contributed by atoms with E-state index in [4.69, 9.17) is 0 Å². The molecule has 12 nitrogen and oxygen atoms in total. The van der Waals surface area contributed by atoms with Crippen molar-refractivity contribution in [1.82, 2.24) is 25.6 Å². The minimum Gasteiger partial charge on any atom is -0.344 e. The van der Waals surface area contributed by atoms with Crippen LogP contribution in [0.3, 0.4) is 0 Å². The van der Waals surface area contributed by atoms with Crippen molar-refractivity contribution in [3.63, 3.8) is 0 Å². The first-order valence-corrected chi connectivity index (χ1v) is 22.1. The fourth-order valence-electron chi connectivity index (χ4n) is 9.31. The molecule has 13 heteroatoms. The predicted octanol–water partition coefficient (Wildman–Crippen LogP) is 4.46. The summed E-state index contributed by atoms with van der Waals surface area (Å²) in [5.74, 6) is -1.69. The number of carbonyl (C=O) groups excluding carboxylic acids is 5. The summed E-state index contributed by atoms with van der Waals surface area (Å²) in [5, 5.41) is 8.55. The Morgan fingerprint density at radius 2 is 1.47 bits per heavy atom. The number of hydrogen-bond acceptors (Lipinski definition) is 7. The van der Waals surface area contributed by atoms with Gasteiger partial charge in [-0.25, -0.2) is 8.42 Å². The number of nitrogens with one attached hydrogen (secondary N) is 4. The summed E-state index contributed by atoms with van der Waals surface area (Å²) in [6.07, 6.45) is 13.6. The SMILES string of the molecule is CC(C)(C)[C@H](NC(=O)C(NC(=O)C1CC1)C1CCCCC1)C(=O)N1C[C@]2(CCCC2(C)C)C[C@H]1C(=O)N[C@@](C)(CCC1CC1)C(=O)NS(=O)(=O)C1CC1. The van der Waals surface area contributed by atoms with E-state index in [1.54, 1.807) is 11.8 Å². The van der Waals surface area contributed by atoms with Gasteiger partial charge in [0.15, 0.2) is 0 Å². The molecule has 1 heterocycles. The van der Waals surface area contributed by atoms with Gasteiger partial charge in [0.2, 0.25) is 33.7 Å². The van der Waals surface area contributed by atoms with Gasteiger partial charge in [0, 0.05) is 12.5 Å². The van der Waals surface area contributed by atoms with Crippen molar-refractivity contribution in [3.05, 3.63) is 0 Å². The molecule has 5 amide bonds. The van der Waals surface area contributed by atoms with Gasteiger partial charge in [-0.05, 0) is 106 Å². The third kappa shape index (κ3) is 8.90. The first-order valence-electron chi connectivity index (χ1n) is 20.5. The molecule has 6 rings (SSSR count). The smallest absolute Gasteiger partial charge is 0.258 e. The largest absolute Gasteiger partial charge is 0.344 e. The summed E-state index contributed by atoms with van der Waals surface area (Å²) in [5.41, 5.74) is -2.74. The van der Waals surface area contributed by atoms with E-state index < -0.39 is 56.2 Å². The van der Waals surface area contributed by atoms with Gasteiger partial charge < -0.3 is 20.9 Å². The zero-order chi connectivity index (χ0) is 38.6. The van der Waals surface area contributed by atoms with Crippen LogP contribution in [0.15, 0.2) is 0 Å². The number of likely N-dealkylation sites (tertiary alicyclic amines) is 1. The number of nitrogens with zero attached hydrogens (tertiary/aromatic N) is 1. The van der Waals surface area contributed by atoms with Gasteiger partial charge in [0.25, 0.3) is 5.91 Å². The quantitative estimate of drug-likeness (QED) is 0.203. The fourth-order valence-corrected chi connectivity index (χ4v) is 10.7. The monoisotopic (exact) mass is 759 g/mol. The number of carbonyl (C=O) groups is 5. The summed E-state index contributed by atoms with van der Waals surface area (Å²) in [4.78, 5) is 72.3. The molecule has 0 aromatic heterocycles. The van der Waals surface area contributed by atoms with E-state index in [0.717, 1.165) is 77.0 Å². The van der Waals surface area contributed by atoms with Crippen LogP contribution in [0.2, 0.25) is 0 Å². The molecule has 0 bridgehead atoms. The van der Waals surface area contributed by atoms with Crippen LogP contribution in [-0.4, -0.2) is 78.3 Å². The van der Waals surface area contributed by atoms with Gasteiger partial charge in [-0.1, -0.05) is 73.1 Å². The second-order valence-corrected chi connectivity index (χ2v) is 21.6. The van der Waals surface area contributed by atoms with Crippen LogP contribution >= 0.6 is 0 Å². The van der Waals surface area contributed by atoms with Gasteiger partial charge >= 0.3 is 0 Å². The predicted molar refractivity (Wildman–Crippen MR) is 201 cm³/mol. The maximum absolute atomic E-state index is 15.0. The maximum atomic E-state index is 15.0. The highest BCUT2D eigenvalue weighted by Crippen LogP contribution is 2.59. The minimum absolute atomic E-state index is 0.0155.